The second kappa shape index (κ2) is 7.83. The minimum atomic E-state index is -4.47. The highest BCUT2D eigenvalue weighted by Crippen LogP contribution is 2.30. The Morgan fingerprint density at radius 1 is 1.00 bits per heavy atom. The smallest absolute Gasteiger partial charge is 0.327 e. The number of hydrogen-bond donors (Lipinski definition) is 0. The lowest BCUT2D eigenvalue weighted by Gasteiger charge is -2.14. The van der Waals surface area contributed by atoms with Crippen molar-refractivity contribution in [1.29, 1.82) is 0 Å². The monoisotopic (exact) mass is 422 g/mol. The lowest BCUT2D eigenvalue weighted by Crippen LogP contribution is -2.21. The molecule has 0 aliphatic carbocycles. The van der Waals surface area contributed by atoms with Gasteiger partial charge < -0.3 is 4.57 Å². The summed E-state index contributed by atoms with van der Waals surface area (Å²) in [6, 6.07) is 16.6. The van der Waals surface area contributed by atoms with Crippen LogP contribution in [0.3, 0.4) is 0 Å². The maximum absolute atomic E-state index is 13.1. The van der Waals surface area contributed by atoms with Crippen molar-refractivity contribution in [2.75, 3.05) is 0 Å². The Balaban J connectivity index is 1.88. The van der Waals surface area contributed by atoms with Gasteiger partial charge in [-0.1, -0.05) is 42.5 Å². The summed E-state index contributed by atoms with van der Waals surface area (Å²) in [6.07, 6.45) is -3.09. The molecule has 0 saturated carbocycles. The van der Waals surface area contributed by atoms with Crippen molar-refractivity contribution in [2.45, 2.75) is 19.6 Å². The highest BCUT2D eigenvalue weighted by molar-refractivity contribution is 6.09. The van der Waals surface area contributed by atoms with Gasteiger partial charge in [0.05, 0.1) is 16.5 Å². The van der Waals surface area contributed by atoms with Crippen LogP contribution < -0.4 is 5.43 Å². The Bertz CT molecular complexity index is 1340. The SMILES string of the molecule is Cc1ccc2c(=O)c(C(=O)c3ccccc3)cn(Cc3cccc(C(F)(F)F)c3)c2n1. The van der Waals surface area contributed by atoms with E-state index in [-0.39, 0.29) is 17.5 Å². The van der Waals surface area contributed by atoms with E-state index < -0.39 is 23.0 Å². The minimum absolute atomic E-state index is 0.0201. The zero-order valence-corrected chi connectivity index (χ0v) is 16.5. The summed E-state index contributed by atoms with van der Waals surface area (Å²) in [5, 5.41) is 0.236. The molecule has 156 valence electrons. The van der Waals surface area contributed by atoms with Crippen molar-refractivity contribution in [2.24, 2.45) is 0 Å². The first-order valence-corrected chi connectivity index (χ1v) is 9.51. The molecule has 2 aromatic carbocycles. The van der Waals surface area contributed by atoms with Crippen LogP contribution in [0.1, 0.15) is 32.7 Å². The standard InChI is InChI=1S/C24H17F3N2O2/c1-15-10-11-19-22(31)20(21(30)17-7-3-2-4-8-17)14-29(23(19)28-15)13-16-6-5-9-18(12-16)24(25,26)27/h2-12,14H,13H2,1H3. The number of nitrogens with zero attached hydrogens (tertiary/aromatic N) is 2. The van der Waals surface area contributed by atoms with Gasteiger partial charge in [-0.3, -0.25) is 9.59 Å². The van der Waals surface area contributed by atoms with Crippen LogP contribution in [0, 0.1) is 6.92 Å². The number of aryl methyl sites for hydroxylation is 1. The molecule has 0 aliphatic heterocycles. The van der Waals surface area contributed by atoms with Crippen molar-refractivity contribution in [1.82, 2.24) is 9.55 Å². The first-order valence-electron chi connectivity index (χ1n) is 9.51. The fourth-order valence-corrected chi connectivity index (χ4v) is 3.43. The third-order valence-electron chi connectivity index (χ3n) is 4.95. The van der Waals surface area contributed by atoms with Crippen molar-refractivity contribution in [3.63, 3.8) is 0 Å². The van der Waals surface area contributed by atoms with Crippen LogP contribution in [0.4, 0.5) is 13.2 Å². The quantitative estimate of drug-likeness (QED) is 0.435. The predicted molar refractivity (Wildman–Crippen MR) is 111 cm³/mol. The fourth-order valence-electron chi connectivity index (χ4n) is 3.43. The van der Waals surface area contributed by atoms with E-state index >= 15 is 0 Å². The number of rotatable bonds is 4. The average molecular weight is 422 g/mol. The minimum Gasteiger partial charge on any atom is -0.327 e. The molecule has 31 heavy (non-hydrogen) atoms. The van der Waals surface area contributed by atoms with Crippen molar-refractivity contribution >= 4 is 16.8 Å². The fraction of sp³-hybridized carbons (Fsp3) is 0.125. The van der Waals surface area contributed by atoms with Crippen LogP contribution in [0.25, 0.3) is 11.0 Å². The highest BCUT2D eigenvalue weighted by Gasteiger charge is 2.30. The Morgan fingerprint density at radius 2 is 1.74 bits per heavy atom. The summed E-state index contributed by atoms with van der Waals surface area (Å²) in [4.78, 5) is 30.4. The summed E-state index contributed by atoms with van der Waals surface area (Å²) >= 11 is 0. The molecule has 0 N–H and O–H groups in total. The normalized spacial score (nSPS) is 11.6. The molecule has 2 aromatic heterocycles. The van der Waals surface area contributed by atoms with Gasteiger partial charge >= 0.3 is 6.18 Å². The van der Waals surface area contributed by atoms with Gasteiger partial charge in [0.1, 0.15) is 5.65 Å². The number of pyridine rings is 2. The van der Waals surface area contributed by atoms with E-state index in [1.807, 2.05) is 0 Å². The first-order chi connectivity index (χ1) is 14.7. The number of aromatic nitrogens is 2. The Labute approximate surface area is 175 Å². The van der Waals surface area contributed by atoms with E-state index in [9.17, 15) is 22.8 Å². The lowest BCUT2D eigenvalue weighted by atomic mass is 10.0. The molecule has 2 heterocycles. The maximum Gasteiger partial charge on any atom is 0.416 e. The Hall–Kier alpha value is -3.74. The van der Waals surface area contributed by atoms with Crippen LogP contribution in [-0.2, 0) is 12.7 Å². The van der Waals surface area contributed by atoms with Crippen molar-refractivity contribution < 1.29 is 18.0 Å². The number of fused-ring (bicyclic) bond motifs is 1. The third kappa shape index (κ3) is 4.12. The van der Waals surface area contributed by atoms with Gasteiger partial charge in [-0.25, -0.2) is 4.98 Å². The number of hydrogen-bond acceptors (Lipinski definition) is 3. The zero-order valence-electron chi connectivity index (χ0n) is 16.5. The van der Waals surface area contributed by atoms with E-state index in [0.717, 1.165) is 12.1 Å². The summed E-state index contributed by atoms with van der Waals surface area (Å²) in [5.41, 5.74) is 0.401. The summed E-state index contributed by atoms with van der Waals surface area (Å²) in [5.74, 6) is -0.453. The largest absolute Gasteiger partial charge is 0.416 e. The van der Waals surface area contributed by atoms with Gasteiger partial charge in [0.15, 0.2) is 5.78 Å². The van der Waals surface area contributed by atoms with E-state index in [2.05, 4.69) is 4.98 Å². The highest BCUT2D eigenvalue weighted by atomic mass is 19.4. The van der Waals surface area contributed by atoms with E-state index in [0.29, 0.717) is 22.5 Å². The first kappa shape index (κ1) is 20.5. The van der Waals surface area contributed by atoms with Crippen LogP contribution in [-0.4, -0.2) is 15.3 Å². The second-order valence-corrected chi connectivity index (χ2v) is 7.22. The molecule has 0 saturated heterocycles. The summed E-state index contributed by atoms with van der Waals surface area (Å²) in [7, 11) is 0. The van der Waals surface area contributed by atoms with Gasteiger partial charge in [0, 0.05) is 24.0 Å². The molecule has 0 spiro atoms. The van der Waals surface area contributed by atoms with Gasteiger partial charge in [-0.2, -0.15) is 13.2 Å². The molecular weight excluding hydrogens is 405 g/mol. The van der Waals surface area contributed by atoms with Gasteiger partial charge in [0.25, 0.3) is 0 Å². The van der Waals surface area contributed by atoms with E-state index in [1.165, 1.54) is 12.3 Å². The average Bonchev–Trinajstić information content (AvgIpc) is 2.75. The number of carbonyl (C=O) groups excluding carboxylic acids is 1. The van der Waals surface area contributed by atoms with Crippen LogP contribution in [0.15, 0.2) is 77.7 Å². The van der Waals surface area contributed by atoms with Crippen LogP contribution in [0.5, 0.6) is 0 Å². The van der Waals surface area contributed by atoms with Crippen LogP contribution >= 0.6 is 0 Å². The molecule has 4 aromatic rings. The molecule has 0 radical (unpaired) electrons. The summed E-state index contributed by atoms with van der Waals surface area (Å²) < 4.78 is 40.9. The summed E-state index contributed by atoms with van der Waals surface area (Å²) in [6.45, 7) is 1.77. The Kier molecular flexibility index (Phi) is 5.19. The third-order valence-corrected chi connectivity index (χ3v) is 4.95. The molecule has 0 bridgehead atoms. The number of benzene rings is 2. The molecule has 0 unspecified atom stereocenters. The van der Waals surface area contributed by atoms with Crippen molar-refractivity contribution in [3.05, 3.63) is 111 Å². The molecular formula is C24H17F3N2O2. The number of ketones is 1. The molecule has 0 fully saturated rings. The number of halogens is 3. The lowest BCUT2D eigenvalue weighted by molar-refractivity contribution is -0.137. The van der Waals surface area contributed by atoms with E-state index in [1.54, 1.807) is 60.0 Å². The van der Waals surface area contributed by atoms with E-state index in [4.69, 9.17) is 0 Å². The predicted octanol–water partition coefficient (Wildman–Crippen LogP) is 5.00. The molecule has 0 atom stereocenters. The van der Waals surface area contributed by atoms with Crippen molar-refractivity contribution in [3.8, 4) is 0 Å². The molecule has 0 aliphatic rings. The molecule has 7 heteroatoms. The van der Waals surface area contributed by atoms with Gasteiger partial charge in [-0.15, -0.1) is 0 Å². The molecule has 4 rings (SSSR count). The molecule has 0 amide bonds. The maximum atomic E-state index is 13.1. The van der Waals surface area contributed by atoms with Crippen LogP contribution in [0.2, 0.25) is 0 Å². The number of carbonyl (C=O) groups is 1. The zero-order chi connectivity index (χ0) is 22.2. The van der Waals surface area contributed by atoms with Gasteiger partial charge in [-0.05, 0) is 36.8 Å². The molecule has 4 nitrogen and oxygen atoms in total. The number of alkyl halides is 3. The Morgan fingerprint density at radius 3 is 2.45 bits per heavy atom. The second-order valence-electron chi connectivity index (χ2n) is 7.22. The van der Waals surface area contributed by atoms with Gasteiger partial charge in [0.2, 0.25) is 5.43 Å². The topological polar surface area (TPSA) is 52.0 Å².